The molecule has 27 heavy (non-hydrogen) atoms. The minimum Gasteiger partial charge on any atom is -0.462 e. The molecule has 1 aliphatic heterocycles. The second-order valence-corrected chi connectivity index (χ2v) is 7.02. The number of hydrogen-bond donors (Lipinski definition) is 2. The first-order valence-corrected chi connectivity index (χ1v) is 9.15. The summed E-state index contributed by atoms with van der Waals surface area (Å²) in [6.45, 7) is 1.98. The van der Waals surface area contributed by atoms with Crippen LogP contribution in [-0.4, -0.2) is 23.5 Å². The number of amides is 2. The Balaban J connectivity index is 1.82. The maximum Gasteiger partial charge on any atom is 0.338 e. The summed E-state index contributed by atoms with van der Waals surface area (Å²) in [7, 11) is 0. The highest BCUT2D eigenvalue weighted by molar-refractivity contribution is 5.95. The molecule has 2 amide bonds. The SMILES string of the molecule is CC1=C(C(=O)OCC2CCCCC2)[C@H](c2cccc([N+](=O)[O-])c2)NC(=O)N1. The van der Waals surface area contributed by atoms with E-state index in [-0.39, 0.29) is 11.3 Å². The summed E-state index contributed by atoms with van der Waals surface area (Å²) in [4.78, 5) is 35.2. The number of benzene rings is 1. The Hall–Kier alpha value is -2.90. The smallest absolute Gasteiger partial charge is 0.338 e. The Kier molecular flexibility index (Phi) is 5.73. The lowest BCUT2D eigenvalue weighted by Gasteiger charge is -2.29. The van der Waals surface area contributed by atoms with Crippen molar-refractivity contribution in [2.75, 3.05) is 6.61 Å². The van der Waals surface area contributed by atoms with Gasteiger partial charge < -0.3 is 15.4 Å². The van der Waals surface area contributed by atoms with E-state index in [0.717, 1.165) is 25.7 Å². The number of nitrogens with zero attached hydrogens (tertiary/aromatic N) is 1. The summed E-state index contributed by atoms with van der Waals surface area (Å²) >= 11 is 0. The van der Waals surface area contributed by atoms with E-state index in [2.05, 4.69) is 10.6 Å². The van der Waals surface area contributed by atoms with Crippen molar-refractivity contribution in [2.24, 2.45) is 5.92 Å². The Morgan fingerprint density at radius 3 is 2.74 bits per heavy atom. The molecule has 3 rings (SSSR count). The van der Waals surface area contributed by atoms with Crippen molar-refractivity contribution in [3.05, 3.63) is 51.2 Å². The van der Waals surface area contributed by atoms with Gasteiger partial charge in [-0.05, 0) is 31.2 Å². The molecule has 2 N–H and O–H groups in total. The van der Waals surface area contributed by atoms with E-state index in [1.165, 1.54) is 24.6 Å². The standard InChI is InChI=1S/C19H23N3O5/c1-12-16(18(23)27-11-13-6-3-2-4-7-13)17(21-19(24)20-12)14-8-5-9-15(10-14)22(25)26/h5,8-10,13,17H,2-4,6-7,11H2,1H3,(H2,20,21,24)/t17-/m0/s1. The molecule has 1 aromatic carbocycles. The summed E-state index contributed by atoms with van der Waals surface area (Å²) in [6.07, 6.45) is 5.62. The second-order valence-electron chi connectivity index (χ2n) is 7.02. The first kappa shape index (κ1) is 18.9. The Labute approximate surface area is 157 Å². The fraction of sp³-hybridized carbons (Fsp3) is 0.474. The van der Waals surface area contributed by atoms with Gasteiger partial charge in [0.1, 0.15) is 0 Å². The molecule has 0 spiro atoms. The van der Waals surface area contributed by atoms with Gasteiger partial charge in [0.15, 0.2) is 0 Å². The number of carbonyl (C=O) groups excluding carboxylic acids is 2. The first-order valence-electron chi connectivity index (χ1n) is 9.15. The Morgan fingerprint density at radius 2 is 2.04 bits per heavy atom. The van der Waals surface area contributed by atoms with Gasteiger partial charge in [-0.25, -0.2) is 9.59 Å². The highest BCUT2D eigenvalue weighted by atomic mass is 16.6. The number of ether oxygens (including phenoxy) is 1. The van der Waals surface area contributed by atoms with Crippen LogP contribution in [0.4, 0.5) is 10.5 Å². The van der Waals surface area contributed by atoms with E-state index in [9.17, 15) is 19.7 Å². The van der Waals surface area contributed by atoms with Crippen molar-refractivity contribution in [2.45, 2.75) is 45.1 Å². The van der Waals surface area contributed by atoms with Gasteiger partial charge in [-0.2, -0.15) is 0 Å². The van der Waals surface area contributed by atoms with Gasteiger partial charge in [-0.1, -0.05) is 31.4 Å². The third-order valence-corrected chi connectivity index (χ3v) is 5.08. The van der Waals surface area contributed by atoms with Crippen LogP contribution in [0.5, 0.6) is 0 Å². The average molecular weight is 373 g/mol. The van der Waals surface area contributed by atoms with Crippen molar-refractivity contribution in [3.8, 4) is 0 Å². The number of rotatable bonds is 5. The lowest BCUT2D eigenvalue weighted by molar-refractivity contribution is -0.384. The van der Waals surface area contributed by atoms with E-state index < -0.39 is 23.0 Å². The summed E-state index contributed by atoms with van der Waals surface area (Å²) in [6, 6.07) is 4.64. The largest absolute Gasteiger partial charge is 0.462 e. The fourth-order valence-electron chi connectivity index (χ4n) is 3.66. The van der Waals surface area contributed by atoms with Crippen LogP contribution in [0.3, 0.4) is 0 Å². The molecule has 1 aliphatic carbocycles. The van der Waals surface area contributed by atoms with E-state index in [1.54, 1.807) is 13.0 Å². The Morgan fingerprint density at radius 1 is 1.30 bits per heavy atom. The van der Waals surface area contributed by atoms with Gasteiger partial charge in [-0.3, -0.25) is 10.1 Å². The molecule has 0 bridgehead atoms. The number of carbonyl (C=O) groups is 2. The van der Waals surface area contributed by atoms with Crippen LogP contribution in [0, 0.1) is 16.0 Å². The molecule has 0 radical (unpaired) electrons. The third kappa shape index (κ3) is 4.45. The highest BCUT2D eigenvalue weighted by Crippen LogP contribution is 2.30. The number of nitro groups is 1. The molecule has 1 aromatic rings. The summed E-state index contributed by atoms with van der Waals surface area (Å²) < 4.78 is 5.53. The quantitative estimate of drug-likeness (QED) is 0.467. The molecular weight excluding hydrogens is 350 g/mol. The van der Waals surface area contributed by atoms with Crippen LogP contribution < -0.4 is 10.6 Å². The van der Waals surface area contributed by atoms with Crippen LogP contribution in [0.1, 0.15) is 50.6 Å². The van der Waals surface area contributed by atoms with Gasteiger partial charge in [0.05, 0.1) is 23.1 Å². The predicted molar refractivity (Wildman–Crippen MR) is 97.7 cm³/mol. The molecule has 0 saturated heterocycles. The zero-order valence-electron chi connectivity index (χ0n) is 15.2. The lowest BCUT2D eigenvalue weighted by Crippen LogP contribution is -2.45. The molecule has 2 aliphatic rings. The monoisotopic (exact) mass is 373 g/mol. The van der Waals surface area contributed by atoms with Gasteiger partial charge in [0.25, 0.3) is 5.69 Å². The fourth-order valence-corrected chi connectivity index (χ4v) is 3.66. The molecule has 1 atom stereocenters. The third-order valence-electron chi connectivity index (χ3n) is 5.08. The molecular formula is C19H23N3O5. The zero-order chi connectivity index (χ0) is 19.4. The van der Waals surface area contributed by atoms with E-state index in [0.29, 0.717) is 23.8 Å². The van der Waals surface area contributed by atoms with Crippen molar-refractivity contribution >= 4 is 17.7 Å². The number of esters is 1. The summed E-state index contributed by atoms with van der Waals surface area (Å²) in [5, 5.41) is 16.3. The van der Waals surface area contributed by atoms with Crippen LogP contribution in [-0.2, 0) is 9.53 Å². The summed E-state index contributed by atoms with van der Waals surface area (Å²) in [5.74, 6) is -0.145. The molecule has 144 valence electrons. The number of nitrogens with one attached hydrogen (secondary N) is 2. The van der Waals surface area contributed by atoms with Gasteiger partial charge in [-0.15, -0.1) is 0 Å². The van der Waals surface area contributed by atoms with Crippen LogP contribution in [0.25, 0.3) is 0 Å². The van der Waals surface area contributed by atoms with E-state index in [1.807, 2.05) is 0 Å². The number of allylic oxidation sites excluding steroid dienone is 1. The first-order chi connectivity index (χ1) is 13.0. The van der Waals surface area contributed by atoms with Crippen molar-refractivity contribution in [1.29, 1.82) is 0 Å². The number of hydrogen-bond acceptors (Lipinski definition) is 5. The number of nitro benzene ring substituents is 1. The normalized spacial score (nSPS) is 20.6. The molecule has 8 nitrogen and oxygen atoms in total. The van der Waals surface area contributed by atoms with Crippen molar-refractivity contribution < 1.29 is 19.2 Å². The highest BCUT2D eigenvalue weighted by Gasteiger charge is 2.33. The summed E-state index contributed by atoms with van der Waals surface area (Å²) in [5.41, 5.74) is 1.02. The molecule has 0 aromatic heterocycles. The van der Waals surface area contributed by atoms with Crippen molar-refractivity contribution in [3.63, 3.8) is 0 Å². The minimum atomic E-state index is -0.794. The van der Waals surface area contributed by atoms with Gasteiger partial charge in [0.2, 0.25) is 0 Å². The number of urea groups is 1. The van der Waals surface area contributed by atoms with Crippen LogP contribution in [0.15, 0.2) is 35.5 Å². The predicted octanol–water partition coefficient (Wildman–Crippen LogP) is 3.35. The maximum atomic E-state index is 12.8. The lowest BCUT2D eigenvalue weighted by atomic mass is 9.90. The molecule has 1 saturated carbocycles. The minimum absolute atomic E-state index is 0.104. The maximum absolute atomic E-state index is 12.8. The van der Waals surface area contributed by atoms with Crippen LogP contribution >= 0.6 is 0 Å². The van der Waals surface area contributed by atoms with Gasteiger partial charge >= 0.3 is 12.0 Å². The van der Waals surface area contributed by atoms with Crippen molar-refractivity contribution in [1.82, 2.24) is 10.6 Å². The number of non-ortho nitro benzene ring substituents is 1. The van der Waals surface area contributed by atoms with Gasteiger partial charge in [0, 0.05) is 17.8 Å². The zero-order valence-corrected chi connectivity index (χ0v) is 15.2. The topological polar surface area (TPSA) is 111 Å². The average Bonchev–Trinajstić information content (AvgIpc) is 2.66. The Bertz CT molecular complexity index is 783. The second kappa shape index (κ2) is 8.20. The van der Waals surface area contributed by atoms with E-state index in [4.69, 9.17) is 4.74 Å². The van der Waals surface area contributed by atoms with E-state index >= 15 is 0 Å². The molecule has 0 unspecified atom stereocenters. The van der Waals surface area contributed by atoms with Crippen LogP contribution in [0.2, 0.25) is 0 Å². The molecule has 8 heteroatoms. The molecule has 1 heterocycles. The molecule has 1 fully saturated rings.